The number of unbranched alkanes of at least 4 members (excludes halogenated alkanes) is 2. The Hall–Kier alpha value is -0.0800. The maximum Gasteiger partial charge on any atom is 0.0781 e. The fourth-order valence-electron chi connectivity index (χ4n) is 1.51. The molecular weight excluding hydrogens is 188 g/mol. The molecule has 0 aromatic heterocycles. The molecule has 15 heavy (non-hydrogen) atoms. The first-order valence-electron chi connectivity index (χ1n) is 6.47. The Balaban J connectivity index is 0.000000401. The van der Waals surface area contributed by atoms with Crippen LogP contribution in [0, 0.1) is 5.92 Å². The van der Waals surface area contributed by atoms with Crippen molar-refractivity contribution in [3.63, 3.8) is 0 Å². The van der Waals surface area contributed by atoms with E-state index in [2.05, 4.69) is 20.8 Å². The molecule has 1 saturated heterocycles. The zero-order valence-electron chi connectivity index (χ0n) is 10.7. The van der Waals surface area contributed by atoms with Crippen LogP contribution in [0.3, 0.4) is 0 Å². The van der Waals surface area contributed by atoms with E-state index >= 15 is 0 Å². The summed E-state index contributed by atoms with van der Waals surface area (Å²) in [5.41, 5.74) is 0. The lowest BCUT2D eigenvalue weighted by atomic mass is 9.98. The van der Waals surface area contributed by atoms with Gasteiger partial charge >= 0.3 is 0 Å². The SMILES string of the molecule is CC1CO1.CCCCCC(CO)CCC. The van der Waals surface area contributed by atoms with Crippen LogP contribution < -0.4 is 0 Å². The molecule has 2 unspecified atom stereocenters. The van der Waals surface area contributed by atoms with Gasteiger partial charge in [-0.2, -0.15) is 0 Å². The number of aliphatic hydroxyl groups is 1. The highest BCUT2D eigenvalue weighted by atomic mass is 16.6. The summed E-state index contributed by atoms with van der Waals surface area (Å²) < 4.78 is 4.71. The topological polar surface area (TPSA) is 32.8 Å². The predicted octanol–water partition coefficient (Wildman–Crippen LogP) is 3.38. The first-order chi connectivity index (χ1) is 7.24. The van der Waals surface area contributed by atoms with Crippen LogP contribution >= 0.6 is 0 Å². The van der Waals surface area contributed by atoms with E-state index in [0.29, 0.717) is 18.6 Å². The van der Waals surface area contributed by atoms with E-state index in [0.717, 1.165) is 6.61 Å². The predicted molar refractivity (Wildman–Crippen MR) is 65.0 cm³/mol. The van der Waals surface area contributed by atoms with Crippen LogP contribution in [0.5, 0.6) is 0 Å². The Morgan fingerprint density at radius 3 is 2.13 bits per heavy atom. The van der Waals surface area contributed by atoms with Gasteiger partial charge in [-0.15, -0.1) is 0 Å². The molecule has 2 atom stereocenters. The molecular formula is C13H28O2. The van der Waals surface area contributed by atoms with Gasteiger partial charge in [-0.1, -0.05) is 39.5 Å². The largest absolute Gasteiger partial charge is 0.396 e. The van der Waals surface area contributed by atoms with Crippen molar-refractivity contribution in [2.75, 3.05) is 13.2 Å². The van der Waals surface area contributed by atoms with Crippen LogP contribution in [0.15, 0.2) is 0 Å². The van der Waals surface area contributed by atoms with Crippen molar-refractivity contribution >= 4 is 0 Å². The fraction of sp³-hybridized carbons (Fsp3) is 1.00. The third-order valence-corrected chi connectivity index (χ3v) is 2.67. The van der Waals surface area contributed by atoms with Crippen molar-refractivity contribution < 1.29 is 9.84 Å². The van der Waals surface area contributed by atoms with E-state index in [4.69, 9.17) is 9.84 Å². The van der Waals surface area contributed by atoms with E-state index < -0.39 is 0 Å². The zero-order valence-corrected chi connectivity index (χ0v) is 10.7. The van der Waals surface area contributed by atoms with E-state index in [1.807, 2.05) is 0 Å². The second-order valence-electron chi connectivity index (χ2n) is 4.48. The standard InChI is InChI=1S/C10H22O.C3H6O/c1-3-5-6-8-10(9-11)7-4-2;1-3-2-4-3/h10-11H,3-9H2,1-2H3;3H,2H2,1H3. The zero-order chi connectivity index (χ0) is 11.5. The number of hydrogen-bond acceptors (Lipinski definition) is 2. The second-order valence-corrected chi connectivity index (χ2v) is 4.48. The average Bonchev–Trinajstić information content (AvgIpc) is 3.01. The molecule has 1 aliphatic heterocycles. The molecule has 1 rings (SSSR count). The van der Waals surface area contributed by atoms with Crippen molar-refractivity contribution in [1.82, 2.24) is 0 Å². The molecule has 0 spiro atoms. The number of ether oxygens (including phenoxy) is 1. The first kappa shape index (κ1) is 14.9. The molecule has 1 N–H and O–H groups in total. The number of epoxide rings is 1. The van der Waals surface area contributed by atoms with Crippen LogP contribution in [0.2, 0.25) is 0 Å². The molecule has 1 heterocycles. The summed E-state index contributed by atoms with van der Waals surface area (Å²) in [5.74, 6) is 0.576. The van der Waals surface area contributed by atoms with Gasteiger partial charge in [0.15, 0.2) is 0 Å². The Morgan fingerprint density at radius 2 is 1.80 bits per heavy atom. The molecule has 0 aliphatic carbocycles. The highest BCUT2D eigenvalue weighted by Crippen LogP contribution is 2.14. The summed E-state index contributed by atoms with van der Waals surface area (Å²) in [6, 6.07) is 0. The van der Waals surface area contributed by atoms with Crippen LogP contribution in [-0.2, 0) is 4.74 Å². The lowest BCUT2D eigenvalue weighted by Gasteiger charge is -2.11. The maximum atomic E-state index is 8.96. The quantitative estimate of drug-likeness (QED) is 0.523. The van der Waals surface area contributed by atoms with Crippen molar-refractivity contribution in [2.45, 2.75) is 65.4 Å². The molecule has 0 aromatic rings. The van der Waals surface area contributed by atoms with Gasteiger partial charge in [0.25, 0.3) is 0 Å². The van der Waals surface area contributed by atoms with Gasteiger partial charge in [0.05, 0.1) is 12.7 Å². The number of aliphatic hydroxyl groups excluding tert-OH is 1. The summed E-state index contributed by atoms with van der Waals surface area (Å²) in [4.78, 5) is 0. The minimum Gasteiger partial charge on any atom is -0.396 e. The summed E-state index contributed by atoms with van der Waals surface area (Å²) in [7, 11) is 0. The summed E-state index contributed by atoms with van der Waals surface area (Å²) in [6.07, 6.45) is 8.10. The summed E-state index contributed by atoms with van der Waals surface area (Å²) in [5, 5.41) is 8.96. The minimum atomic E-state index is 0.386. The van der Waals surface area contributed by atoms with E-state index in [1.54, 1.807) is 0 Å². The smallest absolute Gasteiger partial charge is 0.0781 e. The summed E-state index contributed by atoms with van der Waals surface area (Å²) >= 11 is 0. The molecule has 1 fully saturated rings. The van der Waals surface area contributed by atoms with Crippen LogP contribution in [0.1, 0.15) is 59.3 Å². The Morgan fingerprint density at radius 1 is 1.20 bits per heavy atom. The molecule has 0 radical (unpaired) electrons. The fourth-order valence-corrected chi connectivity index (χ4v) is 1.51. The van der Waals surface area contributed by atoms with Gasteiger partial charge in [-0.3, -0.25) is 0 Å². The Kier molecular flexibility index (Phi) is 10.4. The van der Waals surface area contributed by atoms with Crippen LogP contribution in [0.4, 0.5) is 0 Å². The van der Waals surface area contributed by atoms with Gasteiger partial charge in [0, 0.05) is 6.61 Å². The highest BCUT2D eigenvalue weighted by Gasteiger charge is 2.13. The van der Waals surface area contributed by atoms with Gasteiger partial charge in [-0.05, 0) is 25.7 Å². The average molecular weight is 216 g/mol. The third kappa shape index (κ3) is 11.8. The van der Waals surface area contributed by atoms with E-state index in [-0.39, 0.29) is 0 Å². The third-order valence-electron chi connectivity index (χ3n) is 2.67. The highest BCUT2D eigenvalue weighted by molar-refractivity contribution is 4.58. The normalized spacial score (nSPS) is 20.4. The van der Waals surface area contributed by atoms with Crippen LogP contribution in [-0.4, -0.2) is 24.4 Å². The molecule has 0 amide bonds. The Bertz CT molecular complexity index is 122. The van der Waals surface area contributed by atoms with Crippen molar-refractivity contribution in [3.05, 3.63) is 0 Å². The lowest BCUT2D eigenvalue weighted by molar-refractivity contribution is 0.207. The number of rotatable bonds is 7. The molecule has 1 aliphatic rings. The molecule has 0 aromatic carbocycles. The molecule has 0 saturated carbocycles. The van der Waals surface area contributed by atoms with Crippen molar-refractivity contribution in [3.8, 4) is 0 Å². The molecule has 2 nitrogen and oxygen atoms in total. The second kappa shape index (κ2) is 10.4. The van der Waals surface area contributed by atoms with Gasteiger partial charge in [0.1, 0.15) is 0 Å². The molecule has 2 heteroatoms. The van der Waals surface area contributed by atoms with Gasteiger partial charge in [-0.25, -0.2) is 0 Å². The summed E-state index contributed by atoms with van der Waals surface area (Å²) in [6.45, 7) is 7.83. The van der Waals surface area contributed by atoms with Crippen molar-refractivity contribution in [2.24, 2.45) is 5.92 Å². The van der Waals surface area contributed by atoms with Crippen molar-refractivity contribution in [1.29, 1.82) is 0 Å². The maximum absolute atomic E-state index is 8.96. The Labute approximate surface area is 95.0 Å². The molecule has 0 bridgehead atoms. The van der Waals surface area contributed by atoms with Gasteiger partial charge < -0.3 is 9.84 Å². The van der Waals surface area contributed by atoms with E-state index in [9.17, 15) is 0 Å². The van der Waals surface area contributed by atoms with Crippen LogP contribution in [0.25, 0.3) is 0 Å². The first-order valence-corrected chi connectivity index (χ1v) is 6.47. The van der Waals surface area contributed by atoms with Gasteiger partial charge in [0.2, 0.25) is 0 Å². The monoisotopic (exact) mass is 216 g/mol. The van der Waals surface area contributed by atoms with E-state index in [1.165, 1.54) is 38.5 Å². The lowest BCUT2D eigenvalue weighted by Crippen LogP contribution is -2.05. The number of hydrogen-bond donors (Lipinski definition) is 1. The molecule has 92 valence electrons. The minimum absolute atomic E-state index is 0.386.